The number of nitrogens with two attached hydrogens (primary N) is 1. The molecule has 240 valence electrons. The number of fused-ring (bicyclic) bond motifs is 1. The van der Waals surface area contributed by atoms with Crippen molar-refractivity contribution in [1.82, 2.24) is 29.8 Å². The van der Waals surface area contributed by atoms with Crippen LogP contribution in [0.5, 0.6) is 0 Å². The van der Waals surface area contributed by atoms with Crippen molar-refractivity contribution in [2.75, 3.05) is 16.7 Å². The maximum atomic E-state index is 14.3. The number of aromatic nitrogens is 5. The second kappa shape index (κ2) is 13.1. The molecule has 0 saturated heterocycles. The molecule has 13 heteroatoms. The topological polar surface area (TPSA) is 158 Å². The van der Waals surface area contributed by atoms with Gasteiger partial charge in [-0.25, -0.2) is 19.2 Å². The van der Waals surface area contributed by atoms with Crippen molar-refractivity contribution in [3.8, 4) is 28.8 Å². The monoisotopic (exact) mass is 674 g/mol. The molecule has 0 saturated carbocycles. The Bertz CT molecular complexity index is 2430. The molecular formula is C35H30N8O3S2. The highest BCUT2D eigenvalue weighted by atomic mass is 32.2. The second-order valence-electron chi connectivity index (χ2n) is 11.1. The number of nitrogens with one attached hydrogen (secondary N) is 2. The van der Waals surface area contributed by atoms with E-state index >= 15 is 0 Å². The Hall–Kier alpha value is -5.84. The summed E-state index contributed by atoms with van der Waals surface area (Å²) in [6, 6.07) is 17.6. The van der Waals surface area contributed by atoms with Crippen LogP contribution in [0.25, 0.3) is 27.7 Å². The molecule has 6 rings (SSSR count). The van der Waals surface area contributed by atoms with Gasteiger partial charge in [-0.15, -0.1) is 11.3 Å². The Morgan fingerprint density at radius 3 is 2.56 bits per heavy atom. The Morgan fingerprint density at radius 1 is 1.04 bits per heavy atom. The molecular weight excluding hydrogens is 645 g/mol. The SMILES string of the molecule is C=S(C)(=O)Nc1cncc(-c2cnc(N)c(C(=O)NC(C)c3cc4cccc(C#Cc5cnc(C)s5)c4c(=O)n3-c3ccccc3)n2)c1. The highest BCUT2D eigenvalue weighted by Crippen LogP contribution is 2.25. The van der Waals surface area contributed by atoms with E-state index in [1.807, 2.05) is 61.5 Å². The molecule has 2 aromatic carbocycles. The number of carbonyl (C=O) groups is 1. The van der Waals surface area contributed by atoms with Gasteiger partial charge in [0.2, 0.25) is 0 Å². The number of para-hydroxylation sites is 1. The summed E-state index contributed by atoms with van der Waals surface area (Å²) >= 11 is 1.48. The van der Waals surface area contributed by atoms with Crippen molar-refractivity contribution in [3.05, 3.63) is 123 Å². The molecule has 0 radical (unpaired) electrons. The summed E-state index contributed by atoms with van der Waals surface area (Å²) in [6.07, 6.45) is 7.66. The molecule has 0 bridgehead atoms. The largest absolute Gasteiger partial charge is 0.382 e. The van der Waals surface area contributed by atoms with Crippen LogP contribution in [0, 0.1) is 18.8 Å². The van der Waals surface area contributed by atoms with E-state index in [0.717, 1.165) is 9.88 Å². The average Bonchev–Trinajstić information content (AvgIpc) is 3.48. The fourth-order valence-corrected chi connectivity index (χ4v) is 6.37. The first kappa shape index (κ1) is 32.1. The van der Waals surface area contributed by atoms with E-state index in [-0.39, 0.29) is 17.1 Å². The number of nitrogen functional groups attached to an aromatic ring is 1. The van der Waals surface area contributed by atoms with E-state index in [1.165, 1.54) is 30.0 Å². The highest BCUT2D eigenvalue weighted by Gasteiger charge is 2.22. The summed E-state index contributed by atoms with van der Waals surface area (Å²) in [5.74, 6) is 9.24. The molecule has 2 unspecified atom stereocenters. The molecule has 0 aliphatic rings. The summed E-state index contributed by atoms with van der Waals surface area (Å²) < 4.78 is 16.5. The van der Waals surface area contributed by atoms with Crippen LogP contribution < -0.4 is 21.3 Å². The number of benzene rings is 2. The van der Waals surface area contributed by atoms with Crippen molar-refractivity contribution >= 4 is 55.1 Å². The van der Waals surface area contributed by atoms with Crippen molar-refractivity contribution in [1.29, 1.82) is 0 Å². The molecule has 48 heavy (non-hydrogen) atoms. The number of aryl methyl sites for hydroxylation is 1. The Kier molecular flexibility index (Phi) is 8.77. The van der Waals surface area contributed by atoms with E-state index in [1.54, 1.807) is 30.0 Å². The Labute approximate surface area is 281 Å². The van der Waals surface area contributed by atoms with E-state index in [9.17, 15) is 13.8 Å². The number of hydrogen-bond acceptors (Lipinski definition) is 9. The molecule has 6 aromatic rings. The number of hydrogen-bond donors (Lipinski definition) is 3. The van der Waals surface area contributed by atoms with Crippen molar-refractivity contribution < 1.29 is 9.00 Å². The minimum Gasteiger partial charge on any atom is -0.382 e. The smallest absolute Gasteiger partial charge is 0.274 e. The maximum Gasteiger partial charge on any atom is 0.274 e. The second-order valence-corrected chi connectivity index (χ2v) is 14.5. The van der Waals surface area contributed by atoms with Gasteiger partial charge in [-0.1, -0.05) is 36.3 Å². The molecule has 0 spiro atoms. The maximum absolute atomic E-state index is 14.3. The molecule has 0 aliphatic heterocycles. The molecule has 0 aliphatic carbocycles. The van der Waals surface area contributed by atoms with Crippen LogP contribution in [0.3, 0.4) is 0 Å². The van der Waals surface area contributed by atoms with Gasteiger partial charge in [0.05, 0.1) is 51.3 Å². The zero-order valence-electron chi connectivity index (χ0n) is 26.2. The van der Waals surface area contributed by atoms with E-state index < -0.39 is 21.7 Å². The Morgan fingerprint density at radius 2 is 1.83 bits per heavy atom. The van der Waals surface area contributed by atoms with E-state index in [2.05, 4.69) is 47.7 Å². The summed E-state index contributed by atoms with van der Waals surface area (Å²) in [4.78, 5) is 45.9. The van der Waals surface area contributed by atoms with Crippen molar-refractivity contribution in [2.24, 2.45) is 0 Å². The van der Waals surface area contributed by atoms with Gasteiger partial charge in [0.15, 0.2) is 11.5 Å². The predicted molar refractivity (Wildman–Crippen MR) is 193 cm³/mol. The number of pyridine rings is 2. The van der Waals surface area contributed by atoms with Crippen LogP contribution in [-0.2, 0) is 9.71 Å². The fraction of sp³-hybridized carbons (Fsp3) is 0.114. The van der Waals surface area contributed by atoms with Crippen LogP contribution in [0.4, 0.5) is 11.5 Å². The van der Waals surface area contributed by atoms with Gasteiger partial charge in [0, 0.05) is 44.7 Å². The third-order valence-electron chi connectivity index (χ3n) is 7.21. The van der Waals surface area contributed by atoms with Crippen molar-refractivity contribution in [2.45, 2.75) is 19.9 Å². The summed E-state index contributed by atoms with van der Waals surface area (Å²) in [5.41, 5.74) is 8.82. The Balaban J connectivity index is 1.38. The third-order valence-corrected chi connectivity index (χ3v) is 8.70. The van der Waals surface area contributed by atoms with E-state index in [4.69, 9.17) is 5.73 Å². The number of anilines is 2. The van der Waals surface area contributed by atoms with Crippen LogP contribution in [0.2, 0.25) is 0 Å². The van der Waals surface area contributed by atoms with Crippen molar-refractivity contribution in [3.63, 3.8) is 0 Å². The van der Waals surface area contributed by atoms with Gasteiger partial charge in [0.25, 0.3) is 11.5 Å². The first-order chi connectivity index (χ1) is 23.0. The molecule has 1 amide bonds. The summed E-state index contributed by atoms with van der Waals surface area (Å²) in [5, 5.41) is 5.00. The number of nitrogens with zero attached hydrogens (tertiary/aromatic N) is 5. The molecule has 11 nitrogen and oxygen atoms in total. The minimum absolute atomic E-state index is 0.0710. The summed E-state index contributed by atoms with van der Waals surface area (Å²) in [7, 11) is -2.54. The lowest BCUT2D eigenvalue weighted by Crippen LogP contribution is -2.33. The number of amides is 1. The summed E-state index contributed by atoms with van der Waals surface area (Å²) in [6.45, 7) is 3.69. The molecule has 4 heterocycles. The highest BCUT2D eigenvalue weighted by molar-refractivity contribution is 8.00. The standard InChI is InChI=1S/C35H30N8O3S2/c1-21(40-34(44)32-33(36)39-20-29(41-32)25-15-26(18-37-17-25)42-48(3,4)46)30-16-24-10-8-9-23(13-14-28-19-38-22(2)47-28)31(24)35(45)43(30)27-11-6-5-7-12-27/h5-12,15-21H,3H2,1-2,4H3,(H2,36,39)(H,40,44)(H,42,46). The van der Waals surface area contributed by atoms with E-state index in [0.29, 0.717) is 44.7 Å². The zero-order chi connectivity index (χ0) is 34.0. The van der Waals surface area contributed by atoms with Gasteiger partial charge in [-0.3, -0.25) is 19.1 Å². The number of rotatable bonds is 7. The molecule has 2 atom stereocenters. The van der Waals surface area contributed by atoms with Crippen LogP contribution in [-0.4, -0.2) is 46.7 Å². The van der Waals surface area contributed by atoms with Crippen LogP contribution in [0.1, 0.15) is 44.6 Å². The predicted octanol–water partition coefficient (Wildman–Crippen LogP) is 4.75. The minimum atomic E-state index is -2.54. The quantitative estimate of drug-likeness (QED) is 0.162. The lowest BCUT2D eigenvalue weighted by Gasteiger charge is -2.21. The average molecular weight is 675 g/mol. The van der Waals surface area contributed by atoms with Gasteiger partial charge in [-0.05, 0) is 61.4 Å². The lowest BCUT2D eigenvalue weighted by atomic mass is 10.0. The fourth-order valence-electron chi connectivity index (χ4n) is 5.13. The van der Waals surface area contributed by atoms with Gasteiger partial charge in [0.1, 0.15) is 0 Å². The molecule has 0 fully saturated rings. The first-order valence-electron chi connectivity index (χ1n) is 14.6. The lowest BCUT2D eigenvalue weighted by molar-refractivity contribution is 0.0934. The van der Waals surface area contributed by atoms with Crippen LogP contribution in [0.15, 0.2) is 90.2 Å². The number of thiazole rings is 1. The van der Waals surface area contributed by atoms with Gasteiger partial charge >= 0.3 is 0 Å². The first-order valence-corrected chi connectivity index (χ1v) is 17.6. The number of carbonyl (C=O) groups excluding carboxylic acids is 1. The third kappa shape index (κ3) is 6.95. The molecule has 4 N–H and O–H groups in total. The molecule has 4 aromatic heterocycles. The van der Waals surface area contributed by atoms with Crippen LogP contribution >= 0.6 is 11.3 Å². The van der Waals surface area contributed by atoms with Gasteiger partial charge < -0.3 is 15.8 Å². The van der Waals surface area contributed by atoms with Gasteiger partial charge in [-0.2, -0.15) is 0 Å². The normalized spacial score (nSPS) is 12.8. The zero-order valence-corrected chi connectivity index (χ0v) is 27.9.